The van der Waals surface area contributed by atoms with E-state index in [9.17, 15) is 4.79 Å². The van der Waals surface area contributed by atoms with Crippen molar-refractivity contribution in [2.45, 2.75) is 52.7 Å². The van der Waals surface area contributed by atoms with E-state index < -0.39 is 0 Å². The van der Waals surface area contributed by atoms with Crippen LogP contribution in [0.1, 0.15) is 40.5 Å². The van der Waals surface area contributed by atoms with Crippen LogP contribution in [0, 0.1) is 5.92 Å². The lowest BCUT2D eigenvalue weighted by molar-refractivity contribution is -0.130. The van der Waals surface area contributed by atoms with Gasteiger partial charge in [0.2, 0.25) is 5.91 Å². The van der Waals surface area contributed by atoms with E-state index in [1.54, 1.807) is 0 Å². The Labute approximate surface area is 86.9 Å². The zero-order valence-corrected chi connectivity index (χ0v) is 9.71. The van der Waals surface area contributed by atoms with Gasteiger partial charge >= 0.3 is 0 Å². The summed E-state index contributed by atoms with van der Waals surface area (Å²) >= 11 is 0. The lowest BCUT2D eigenvalue weighted by Gasteiger charge is -2.26. The molecule has 14 heavy (non-hydrogen) atoms. The smallest absolute Gasteiger partial charge is 0.241 e. The first-order valence-corrected chi connectivity index (χ1v) is 5.68. The minimum atomic E-state index is 0.0500. The number of nitrogens with zero attached hydrogens (tertiary/aromatic N) is 1. The van der Waals surface area contributed by atoms with Crippen LogP contribution in [-0.4, -0.2) is 29.6 Å². The number of amides is 1. The van der Waals surface area contributed by atoms with Crippen molar-refractivity contribution in [3.05, 3.63) is 0 Å². The van der Waals surface area contributed by atoms with Gasteiger partial charge in [0.25, 0.3) is 0 Å². The van der Waals surface area contributed by atoms with Gasteiger partial charge in [-0.15, -0.1) is 0 Å². The molecular formula is C11H22N2O. The van der Waals surface area contributed by atoms with Gasteiger partial charge in [-0.05, 0) is 18.8 Å². The Morgan fingerprint density at radius 1 is 1.43 bits per heavy atom. The number of carbonyl (C=O) groups excluding carboxylic acids is 1. The van der Waals surface area contributed by atoms with Gasteiger partial charge < -0.3 is 4.90 Å². The number of hydrogen-bond acceptors (Lipinski definition) is 2. The highest BCUT2D eigenvalue weighted by molar-refractivity contribution is 5.84. The summed E-state index contributed by atoms with van der Waals surface area (Å²) in [5.41, 5.74) is 0. The molecule has 0 saturated carbocycles. The maximum absolute atomic E-state index is 11.9. The highest BCUT2D eigenvalue weighted by Crippen LogP contribution is 2.19. The van der Waals surface area contributed by atoms with E-state index in [0.29, 0.717) is 5.92 Å². The summed E-state index contributed by atoms with van der Waals surface area (Å²) < 4.78 is 0. The molecule has 3 heteroatoms. The summed E-state index contributed by atoms with van der Waals surface area (Å²) in [7, 11) is 0. The van der Waals surface area contributed by atoms with Crippen molar-refractivity contribution in [1.82, 2.24) is 10.2 Å². The monoisotopic (exact) mass is 198 g/mol. The molecule has 0 bridgehead atoms. The Balaban J connectivity index is 2.71. The minimum absolute atomic E-state index is 0.0500. The fourth-order valence-corrected chi connectivity index (χ4v) is 2.04. The van der Waals surface area contributed by atoms with Gasteiger partial charge in [-0.2, -0.15) is 0 Å². The highest BCUT2D eigenvalue weighted by Gasteiger charge is 2.38. The molecule has 0 aliphatic carbocycles. The molecule has 1 amide bonds. The molecule has 1 fully saturated rings. The molecule has 3 nitrogen and oxygen atoms in total. The predicted octanol–water partition coefficient (Wildman–Crippen LogP) is 1.59. The standard InChI is InChI=1S/C11H22N2O/c1-5-7-13-10(8(3)4)12-9(6-2)11(13)14/h8-10,12H,5-7H2,1-4H3. The third-order valence-electron chi connectivity index (χ3n) is 2.79. The van der Waals surface area contributed by atoms with E-state index in [2.05, 4.69) is 33.0 Å². The second-order valence-corrected chi connectivity index (χ2v) is 4.35. The Morgan fingerprint density at radius 3 is 2.50 bits per heavy atom. The van der Waals surface area contributed by atoms with E-state index >= 15 is 0 Å². The first-order valence-electron chi connectivity index (χ1n) is 5.68. The van der Waals surface area contributed by atoms with Crippen molar-refractivity contribution < 1.29 is 4.79 Å². The minimum Gasteiger partial charge on any atom is -0.326 e. The van der Waals surface area contributed by atoms with E-state index in [4.69, 9.17) is 0 Å². The van der Waals surface area contributed by atoms with Crippen LogP contribution in [0.25, 0.3) is 0 Å². The fraction of sp³-hybridized carbons (Fsp3) is 0.909. The maximum Gasteiger partial charge on any atom is 0.241 e. The Hall–Kier alpha value is -0.570. The predicted molar refractivity (Wildman–Crippen MR) is 57.8 cm³/mol. The summed E-state index contributed by atoms with van der Waals surface area (Å²) in [5, 5.41) is 3.40. The topological polar surface area (TPSA) is 32.3 Å². The van der Waals surface area contributed by atoms with Crippen LogP contribution in [0.2, 0.25) is 0 Å². The molecule has 0 aromatic rings. The third-order valence-corrected chi connectivity index (χ3v) is 2.79. The normalized spacial score (nSPS) is 27.8. The van der Waals surface area contributed by atoms with Crippen LogP contribution in [0.3, 0.4) is 0 Å². The quantitative estimate of drug-likeness (QED) is 0.744. The summed E-state index contributed by atoms with van der Waals surface area (Å²) in [5.74, 6) is 0.773. The highest BCUT2D eigenvalue weighted by atomic mass is 16.2. The molecule has 1 heterocycles. The number of hydrogen-bond donors (Lipinski definition) is 1. The number of carbonyl (C=O) groups is 1. The largest absolute Gasteiger partial charge is 0.326 e. The van der Waals surface area contributed by atoms with Crippen LogP contribution in [0.4, 0.5) is 0 Å². The summed E-state index contributed by atoms with van der Waals surface area (Å²) in [4.78, 5) is 13.9. The molecule has 0 spiro atoms. The lowest BCUT2D eigenvalue weighted by Crippen LogP contribution is -2.41. The van der Waals surface area contributed by atoms with Crippen LogP contribution in [0.5, 0.6) is 0 Å². The van der Waals surface area contributed by atoms with E-state index in [1.807, 2.05) is 4.90 Å². The Bertz CT molecular complexity index is 203. The van der Waals surface area contributed by atoms with Gasteiger partial charge in [-0.25, -0.2) is 0 Å². The average Bonchev–Trinajstić information content (AvgIpc) is 2.45. The van der Waals surface area contributed by atoms with Gasteiger partial charge in [0.05, 0.1) is 12.2 Å². The van der Waals surface area contributed by atoms with Crippen LogP contribution >= 0.6 is 0 Å². The molecule has 2 atom stereocenters. The molecule has 0 aromatic heterocycles. The van der Waals surface area contributed by atoms with E-state index in [0.717, 1.165) is 19.4 Å². The SMILES string of the molecule is CCCN1C(=O)C(CC)NC1C(C)C. The van der Waals surface area contributed by atoms with Crippen LogP contribution in [0.15, 0.2) is 0 Å². The van der Waals surface area contributed by atoms with Crippen molar-refractivity contribution in [2.75, 3.05) is 6.54 Å². The molecular weight excluding hydrogens is 176 g/mol. The van der Waals surface area contributed by atoms with Gasteiger partial charge in [0.1, 0.15) is 0 Å². The molecule has 1 N–H and O–H groups in total. The van der Waals surface area contributed by atoms with Crippen molar-refractivity contribution in [1.29, 1.82) is 0 Å². The molecule has 1 aliphatic heterocycles. The molecule has 1 rings (SSSR count). The number of nitrogens with one attached hydrogen (secondary N) is 1. The zero-order chi connectivity index (χ0) is 10.7. The first kappa shape index (κ1) is 11.5. The third kappa shape index (κ3) is 2.08. The zero-order valence-electron chi connectivity index (χ0n) is 9.71. The van der Waals surface area contributed by atoms with Crippen molar-refractivity contribution >= 4 is 5.91 Å². The average molecular weight is 198 g/mol. The molecule has 0 radical (unpaired) electrons. The molecule has 82 valence electrons. The van der Waals surface area contributed by atoms with Gasteiger partial charge in [-0.3, -0.25) is 10.1 Å². The summed E-state index contributed by atoms with van der Waals surface area (Å²) in [6.45, 7) is 9.37. The lowest BCUT2D eigenvalue weighted by atomic mass is 10.1. The Morgan fingerprint density at radius 2 is 2.07 bits per heavy atom. The van der Waals surface area contributed by atoms with Crippen LogP contribution in [-0.2, 0) is 4.79 Å². The second kappa shape index (κ2) is 4.78. The van der Waals surface area contributed by atoms with Gasteiger partial charge in [0, 0.05) is 6.54 Å². The van der Waals surface area contributed by atoms with E-state index in [1.165, 1.54) is 0 Å². The number of rotatable bonds is 4. The molecule has 1 aliphatic rings. The summed E-state index contributed by atoms with van der Waals surface area (Å²) in [6.07, 6.45) is 2.17. The van der Waals surface area contributed by atoms with Gasteiger partial charge in [0.15, 0.2) is 0 Å². The summed E-state index contributed by atoms with van der Waals surface area (Å²) in [6, 6.07) is 0.0500. The van der Waals surface area contributed by atoms with E-state index in [-0.39, 0.29) is 18.1 Å². The van der Waals surface area contributed by atoms with Crippen molar-refractivity contribution in [2.24, 2.45) is 5.92 Å². The van der Waals surface area contributed by atoms with Crippen LogP contribution < -0.4 is 5.32 Å². The van der Waals surface area contributed by atoms with Crippen molar-refractivity contribution in [3.63, 3.8) is 0 Å². The molecule has 1 saturated heterocycles. The van der Waals surface area contributed by atoms with Gasteiger partial charge in [-0.1, -0.05) is 27.7 Å². The fourth-order valence-electron chi connectivity index (χ4n) is 2.04. The van der Waals surface area contributed by atoms with Crippen molar-refractivity contribution in [3.8, 4) is 0 Å². The Kier molecular flexibility index (Phi) is 3.93. The first-order chi connectivity index (χ1) is 6.61. The molecule has 2 unspecified atom stereocenters. The maximum atomic E-state index is 11.9. The second-order valence-electron chi connectivity index (χ2n) is 4.35. The molecule has 0 aromatic carbocycles.